The molecule has 0 amide bonds. The molecule has 1 aromatic heterocycles. The summed E-state index contributed by atoms with van der Waals surface area (Å²) in [6, 6.07) is 6.03. The maximum Gasteiger partial charge on any atom is 0.159 e. The van der Waals surface area contributed by atoms with E-state index in [1.165, 1.54) is 12.1 Å². The van der Waals surface area contributed by atoms with Gasteiger partial charge in [-0.2, -0.15) is 0 Å². The molecule has 1 aromatic carbocycles. The van der Waals surface area contributed by atoms with Crippen LogP contribution in [0, 0.1) is 5.82 Å². The lowest BCUT2D eigenvalue weighted by atomic mass is 10.2. The zero-order valence-electron chi connectivity index (χ0n) is 8.14. The van der Waals surface area contributed by atoms with Gasteiger partial charge in [-0.3, -0.25) is 0 Å². The molecule has 0 aliphatic rings. The van der Waals surface area contributed by atoms with Gasteiger partial charge in [0, 0.05) is 5.56 Å². The molecule has 0 bridgehead atoms. The van der Waals surface area contributed by atoms with Crippen LogP contribution in [0.3, 0.4) is 0 Å². The third-order valence-corrected chi connectivity index (χ3v) is 1.97. The van der Waals surface area contributed by atoms with Crippen molar-refractivity contribution in [1.82, 2.24) is 9.97 Å². The minimum absolute atomic E-state index is 0.271. The second-order valence-electron chi connectivity index (χ2n) is 2.95. The molecule has 0 saturated carbocycles. The third kappa shape index (κ3) is 2.10. The number of hydrogen-bond acceptors (Lipinski definition) is 3. The quantitative estimate of drug-likeness (QED) is 0.752. The number of methoxy groups -OCH3 is 1. The lowest BCUT2D eigenvalue weighted by molar-refractivity contribution is 0.411. The van der Waals surface area contributed by atoms with Crippen LogP contribution in [0.1, 0.15) is 0 Å². The van der Waals surface area contributed by atoms with Crippen LogP contribution in [0.15, 0.2) is 36.7 Å². The molecule has 0 saturated heterocycles. The third-order valence-electron chi connectivity index (χ3n) is 1.97. The predicted octanol–water partition coefficient (Wildman–Crippen LogP) is 2.29. The van der Waals surface area contributed by atoms with Gasteiger partial charge in [0.25, 0.3) is 0 Å². The van der Waals surface area contributed by atoms with Crippen LogP contribution < -0.4 is 4.74 Å². The van der Waals surface area contributed by atoms with Crippen LogP contribution in [0.5, 0.6) is 5.75 Å². The van der Waals surface area contributed by atoms with E-state index in [1.807, 2.05) is 0 Å². The Hall–Kier alpha value is -1.97. The fourth-order valence-corrected chi connectivity index (χ4v) is 1.17. The molecule has 0 atom stereocenters. The molecule has 3 nitrogen and oxygen atoms in total. The van der Waals surface area contributed by atoms with Gasteiger partial charge in [0.2, 0.25) is 0 Å². The van der Waals surface area contributed by atoms with Crippen molar-refractivity contribution in [3.63, 3.8) is 0 Å². The zero-order chi connectivity index (χ0) is 10.7. The van der Waals surface area contributed by atoms with Crippen LogP contribution in [-0.4, -0.2) is 17.1 Å². The Morgan fingerprint density at radius 2 is 1.67 bits per heavy atom. The highest BCUT2D eigenvalue weighted by molar-refractivity contribution is 5.54. The molecule has 2 rings (SSSR count). The Morgan fingerprint density at radius 3 is 2.20 bits per heavy atom. The normalized spacial score (nSPS) is 10.0. The van der Waals surface area contributed by atoms with Gasteiger partial charge in [0.1, 0.15) is 5.82 Å². The monoisotopic (exact) mass is 204 g/mol. The molecular weight excluding hydrogens is 195 g/mol. The van der Waals surface area contributed by atoms with E-state index in [0.29, 0.717) is 11.6 Å². The molecule has 76 valence electrons. The van der Waals surface area contributed by atoms with Gasteiger partial charge in [0.15, 0.2) is 11.6 Å². The summed E-state index contributed by atoms with van der Waals surface area (Å²) < 4.78 is 17.6. The average molecular weight is 204 g/mol. The van der Waals surface area contributed by atoms with Crippen molar-refractivity contribution in [2.45, 2.75) is 0 Å². The average Bonchev–Trinajstić information content (AvgIpc) is 2.30. The second-order valence-corrected chi connectivity index (χ2v) is 2.95. The molecule has 0 unspecified atom stereocenters. The first kappa shape index (κ1) is 9.58. The summed E-state index contributed by atoms with van der Waals surface area (Å²) in [6.07, 6.45) is 3.15. The fraction of sp³-hybridized carbons (Fsp3) is 0.0909. The highest BCUT2D eigenvalue weighted by atomic mass is 19.1. The largest absolute Gasteiger partial charge is 0.494 e. The molecule has 1 heterocycles. The Bertz CT molecular complexity index is 439. The first-order valence-electron chi connectivity index (χ1n) is 4.41. The van der Waals surface area contributed by atoms with E-state index in [-0.39, 0.29) is 5.82 Å². The van der Waals surface area contributed by atoms with Crippen molar-refractivity contribution in [3.8, 4) is 17.1 Å². The summed E-state index contributed by atoms with van der Waals surface area (Å²) in [5, 5.41) is 0. The van der Waals surface area contributed by atoms with Crippen molar-refractivity contribution >= 4 is 0 Å². The smallest absolute Gasteiger partial charge is 0.159 e. The van der Waals surface area contributed by atoms with Crippen molar-refractivity contribution in [2.75, 3.05) is 7.11 Å². The molecule has 2 aromatic rings. The first-order chi connectivity index (χ1) is 7.29. The molecule has 4 heteroatoms. The van der Waals surface area contributed by atoms with Crippen molar-refractivity contribution in [3.05, 3.63) is 42.5 Å². The highest BCUT2D eigenvalue weighted by Crippen LogP contribution is 2.16. The Balaban J connectivity index is 2.33. The van der Waals surface area contributed by atoms with Crippen LogP contribution in [0.2, 0.25) is 0 Å². The SMILES string of the molecule is COc1cnc(-c2ccc(F)cc2)nc1. The number of benzene rings is 1. The Kier molecular flexibility index (Phi) is 2.58. The minimum atomic E-state index is -0.271. The van der Waals surface area contributed by atoms with Crippen molar-refractivity contribution in [1.29, 1.82) is 0 Å². The van der Waals surface area contributed by atoms with Crippen LogP contribution in [0.4, 0.5) is 4.39 Å². The van der Waals surface area contributed by atoms with Gasteiger partial charge in [-0.15, -0.1) is 0 Å². The summed E-state index contributed by atoms with van der Waals surface area (Å²) in [7, 11) is 1.55. The number of rotatable bonds is 2. The van der Waals surface area contributed by atoms with E-state index >= 15 is 0 Å². The Labute approximate surface area is 86.6 Å². The maximum absolute atomic E-state index is 12.7. The number of aromatic nitrogens is 2. The standard InChI is InChI=1S/C11H9FN2O/c1-15-10-6-13-11(14-7-10)8-2-4-9(12)5-3-8/h2-7H,1H3. The maximum atomic E-state index is 12.7. The van der Waals surface area contributed by atoms with Crippen LogP contribution in [0.25, 0.3) is 11.4 Å². The molecule has 0 N–H and O–H groups in total. The van der Waals surface area contributed by atoms with E-state index in [9.17, 15) is 4.39 Å². The molecule has 0 fully saturated rings. The molecule has 0 spiro atoms. The van der Waals surface area contributed by atoms with Gasteiger partial charge >= 0.3 is 0 Å². The summed E-state index contributed by atoms with van der Waals surface area (Å²) in [5.41, 5.74) is 0.777. The second kappa shape index (κ2) is 4.04. The van der Waals surface area contributed by atoms with Gasteiger partial charge < -0.3 is 4.74 Å². The topological polar surface area (TPSA) is 35.0 Å². The molecule has 0 aliphatic carbocycles. The minimum Gasteiger partial charge on any atom is -0.494 e. The van der Waals surface area contributed by atoms with Gasteiger partial charge in [0.05, 0.1) is 19.5 Å². The first-order valence-corrected chi connectivity index (χ1v) is 4.41. The number of hydrogen-bond donors (Lipinski definition) is 0. The molecule has 0 aliphatic heterocycles. The zero-order valence-corrected chi connectivity index (χ0v) is 8.14. The fourth-order valence-electron chi connectivity index (χ4n) is 1.17. The lowest BCUT2D eigenvalue weighted by Gasteiger charge is -2.01. The summed E-state index contributed by atoms with van der Waals surface area (Å²) >= 11 is 0. The molecule has 15 heavy (non-hydrogen) atoms. The summed E-state index contributed by atoms with van der Waals surface area (Å²) in [4.78, 5) is 8.18. The van der Waals surface area contributed by atoms with E-state index in [0.717, 1.165) is 5.56 Å². The predicted molar refractivity (Wildman–Crippen MR) is 54.0 cm³/mol. The highest BCUT2D eigenvalue weighted by Gasteiger charge is 2.01. The summed E-state index contributed by atoms with van der Waals surface area (Å²) in [6.45, 7) is 0. The van der Waals surface area contributed by atoms with E-state index in [2.05, 4.69) is 9.97 Å². The summed E-state index contributed by atoms with van der Waals surface area (Å²) in [5.74, 6) is 0.879. The van der Waals surface area contributed by atoms with Gasteiger partial charge in [-0.1, -0.05) is 0 Å². The Morgan fingerprint density at radius 1 is 1.07 bits per heavy atom. The molecular formula is C11H9FN2O. The van der Waals surface area contributed by atoms with Crippen molar-refractivity contribution < 1.29 is 9.13 Å². The number of nitrogens with zero attached hydrogens (tertiary/aromatic N) is 2. The van der Waals surface area contributed by atoms with E-state index < -0.39 is 0 Å². The number of ether oxygens (including phenoxy) is 1. The van der Waals surface area contributed by atoms with Crippen LogP contribution >= 0.6 is 0 Å². The number of halogens is 1. The van der Waals surface area contributed by atoms with Gasteiger partial charge in [-0.05, 0) is 24.3 Å². The van der Waals surface area contributed by atoms with E-state index in [4.69, 9.17) is 4.74 Å². The van der Waals surface area contributed by atoms with E-state index in [1.54, 1.807) is 31.6 Å². The lowest BCUT2D eigenvalue weighted by Crippen LogP contribution is -1.90. The van der Waals surface area contributed by atoms with Crippen LogP contribution in [-0.2, 0) is 0 Å². The van der Waals surface area contributed by atoms with Gasteiger partial charge in [-0.25, -0.2) is 14.4 Å². The molecule has 0 radical (unpaired) electrons. The van der Waals surface area contributed by atoms with Crippen molar-refractivity contribution in [2.24, 2.45) is 0 Å².